The van der Waals surface area contributed by atoms with Crippen molar-refractivity contribution in [2.75, 3.05) is 0 Å². The first-order valence-corrected chi connectivity index (χ1v) is 10.7. The molecule has 0 atom stereocenters. The average Bonchev–Trinajstić information content (AvgIpc) is 1.94. The Kier molecular flexibility index (Phi) is 16.0. The molecule has 0 heterocycles. The van der Waals surface area contributed by atoms with Crippen molar-refractivity contribution in [3.63, 3.8) is 0 Å². The van der Waals surface area contributed by atoms with Gasteiger partial charge in [-0.3, -0.25) is 0 Å². The minimum atomic E-state index is -4.64. The lowest BCUT2D eigenvalue weighted by Gasteiger charge is -2.17. The maximum Gasteiger partial charge on any atom is 0.466 e. The van der Waals surface area contributed by atoms with Gasteiger partial charge < -0.3 is 20.2 Å². The van der Waals surface area contributed by atoms with Crippen molar-refractivity contribution in [1.29, 1.82) is 0 Å². The van der Waals surface area contributed by atoms with Gasteiger partial charge in [0.2, 0.25) is 0 Å². The van der Waals surface area contributed by atoms with Crippen molar-refractivity contribution >= 4 is 22.0 Å². The molecule has 0 bridgehead atoms. The van der Waals surface area contributed by atoms with Crippen LogP contribution in [0.3, 0.4) is 0 Å². The van der Waals surface area contributed by atoms with Gasteiger partial charge in [0.15, 0.2) is 0 Å². The molecule has 0 saturated heterocycles. The highest BCUT2D eigenvalue weighted by Gasteiger charge is 2.20. The van der Waals surface area contributed by atoms with E-state index < -0.39 is 22.0 Å². The monoisotopic (exact) mass is 314 g/mol. The van der Waals surface area contributed by atoms with Crippen molar-refractivity contribution in [2.45, 2.75) is 57.4 Å². The maximum atomic E-state index is 8.88. The molecule has 0 aliphatic rings. The summed E-state index contributed by atoms with van der Waals surface area (Å²) in [7, 11) is -4.64. The van der Waals surface area contributed by atoms with Crippen LogP contribution in [0.1, 0.15) is 41.5 Å². The van der Waals surface area contributed by atoms with Crippen LogP contribution in [0.5, 0.6) is 0 Å². The molecule has 0 rings (SSSR count). The Morgan fingerprint density at radius 2 is 0.947 bits per heavy atom. The van der Waals surface area contributed by atoms with E-state index in [1.807, 2.05) is 0 Å². The Morgan fingerprint density at radius 3 is 1.05 bits per heavy atom. The van der Waals surface area contributed by atoms with Gasteiger partial charge in [-0.1, -0.05) is 75.1 Å². The van der Waals surface area contributed by atoms with E-state index in [1.165, 1.54) is 0 Å². The van der Waals surface area contributed by atoms with Gasteiger partial charge in [0.05, 0.1) is 0 Å². The molecule has 0 unspecified atom stereocenters. The molecule has 0 aromatic rings. The molecule has 0 aromatic heterocycles. The summed E-state index contributed by atoms with van der Waals surface area (Å²) >= 11 is -0.407. The molecule has 5 N–H and O–H groups in total. The minimum absolute atomic E-state index is 0. The van der Waals surface area contributed by atoms with Crippen LogP contribution in [0.2, 0.25) is 15.8 Å². The fourth-order valence-corrected chi connectivity index (χ4v) is 6.87. The standard InChI is InChI=1S/3C4H9.Al.H3O4P.H2O/c3*1-4(2)3;;1-5(2,3)4;/h3*4H,1H2,2-3H3;;(H3,1,2,3,4);1H2. The van der Waals surface area contributed by atoms with Gasteiger partial charge in [-0.15, -0.1) is 0 Å². The van der Waals surface area contributed by atoms with E-state index in [1.54, 1.807) is 15.8 Å². The molecule has 0 aliphatic carbocycles. The Hall–Kier alpha value is 0.602. The highest BCUT2D eigenvalue weighted by atomic mass is 31.2. The fourth-order valence-electron chi connectivity index (χ4n) is 2.29. The molecule has 0 fully saturated rings. The summed E-state index contributed by atoms with van der Waals surface area (Å²) in [4.78, 5) is 21.6. The van der Waals surface area contributed by atoms with Crippen LogP contribution in [-0.4, -0.2) is 34.3 Å². The Balaban J connectivity index is -0.000000366. The fraction of sp³-hybridized carbons (Fsp3) is 1.00. The maximum absolute atomic E-state index is 8.88. The summed E-state index contributed by atoms with van der Waals surface area (Å²) in [6.07, 6.45) is 0. The van der Waals surface area contributed by atoms with Crippen LogP contribution < -0.4 is 0 Å². The second-order valence-electron chi connectivity index (χ2n) is 6.27. The molecule has 0 aliphatic heterocycles. The second-order valence-corrected chi connectivity index (χ2v) is 10.4. The van der Waals surface area contributed by atoms with E-state index in [0.717, 1.165) is 17.8 Å². The quantitative estimate of drug-likeness (QED) is 0.517. The molecule has 0 spiro atoms. The molecule has 7 heteroatoms. The van der Waals surface area contributed by atoms with Crippen LogP contribution in [0.4, 0.5) is 0 Å². The summed E-state index contributed by atoms with van der Waals surface area (Å²) in [5.41, 5.74) is 0. The summed E-state index contributed by atoms with van der Waals surface area (Å²) in [6.45, 7) is 14.3. The van der Waals surface area contributed by atoms with Crippen molar-refractivity contribution in [1.82, 2.24) is 0 Å². The van der Waals surface area contributed by atoms with Crippen molar-refractivity contribution in [2.24, 2.45) is 17.8 Å². The van der Waals surface area contributed by atoms with Crippen LogP contribution >= 0.6 is 7.82 Å². The van der Waals surface area contributed by atoms with Crippen LogP contribution in [0.15, 0.2) is 0 Å². The number of hydrogen-bond donors (Lipinski definition) is 3. The molecule has 118 valence electrons. The zero-order valence-corrected chi connectivity index (χ0v) is 15.2. The summed E-state index contributed by atoms with van der Waals surface area (Å²) in [5, 5.41) is 4.66. The molecule has 0 radical (unpaired) electrons. The number of hydrogen-bond acceptors (Lipinski definition) is 1. The predicted molar refractivity (Wildman–Crippen MR) is 82.6 cm³/mol. The highest BCUT2D eigenvalue weighted by molar-refractivity contribution is 7.45. The molecule has 5 nitrogen and oxygen atoms in total. The lowest BCUT2D eigenvalue weighted by atomic mass is 10.2. The lowest BCUT2D eigenvalue weighted by molar-refractivity contribution is 0.275. The van der Waals surface area contributed by atoms with Crippen LogP contribution in [0, 0.1) is 17.8 Å². The Labute approximate surface area is 122 Å². The van der Waals surface area contributed by atoms with E-state index in [4.69, 9.17) is 19.2 Å². The predicted octanol–water partition coefficient (Wildman–Crippen LogP) is 2.70. The third kappa shape index (κ3) is 32.3. The van der Waals surface area contributed by atoms with Crippen LogP contribution in [-0.2, 0) is 4.57 Å². The van der Waals surface area contributed by atoms with E-state index >= 15 is 0 Å². The first-order valence-electron chi connectivity index (χ1n) is 6.70. The van der Waals surface area contributed by atoms with Gasteiger partial charge in [-0.25, -0.2) is 4.57 Å². The first kappa shape index (κ1) is 24.6. The molecular weight excluding hydrogens is 282 g/mol. The van der Waals surface area contributed by atoms with Crippen molar-refractivity contribution in [3.05, 3.63) is 0 Å². The van der Waals surface area contributed by atoms with E-state index in [0.29, 0.717) is 0 Å². The normalized spacial score (nSPS) is 11.2. The number of rotatable bonds is 6. The molecular formula is C12H32AlO5P. The zero-order valence-electron chi connectivity index (χ0n) is 13.1. The topological polar surface area (TPSA) is 109 Å². The molecule has 0 amide bonds. The Bertz CT molecular complexity index is 208. The third-order valence-corrected chi connectivity index (χ3v) is 7.24. The summed E-state index contributed by atoms with van der Waals surface area (Å²) in [5.74, 6) is 2.78. The van der Waals surface area contributed by atoms with E-state index in [9.17, 15) is 0 Å². The highest BCUT2D eigenvalue weighted by Crippen LogP contribution is 2.25. The smallest absolute Gasteiger partial charge is 0.412 e. The first-order chi connectivity index (χ1) is 7.91. The van der Waals surface area contributed by atoms with E-state index in [-0.39, 0.29) is 5.48 Å². The molecule has 0 aromatic carbocycles. The SMILES string of the molecule is CC(C)[CH2][Al]([CH2]C(C)C)[CH2]C(C)C.O.O=P(O)(O)O. The lowest BCUT2D eigenvalue weighted by Crippen LogP contribution is -2.19. The average molecular weight is 314 g/mol. The largest absolute Gasteiger partial charge is 0.466 e. The van der Waals surface area contributed by atoms with E-state index in [2.05, 4.69) is 41.5 Å². The second kappa shape index (κ2) is 12.4. The van der Waals surface area contributed by atoms with Crippen molar-refractivity contribution in [3.8, 4) is 0 Å². The van der Waals surface area contributed by atoms with Crippen molar-refractivity contribution < 1.29 is 24.7 Å². The van der Waals surface area contributed by atoms with Gasteiger partial charge >= 0.3 is 7.82 Å². The summed E-state index contributed by atoms with van der Waals surface area (Å²) in [6, 6.07) is 0. The van der Waals surface area contributed by atoms with Gasteiger partial charge in [0.1, 0.15) is 0 Å². The Morgan fingerprint density at radius 1 is 0.789 bits per heavy atom. The minimum Gasteiger partial charge on any atom is -0.412 e. The zero-order chi connectivity index (χ0) is 14.9. The van der Waals surface area contributed by atoms with Gasteiger partial charge in [0, 0.05) is 0 Å². The number of phosphoric acid groups is 1. The van der Waals surface area contributed by atoms with Gasteiger partial charge in [-0.05, 0) is 0 Å². The summed E-state index contributed by atoms with van der Waals surface area (Å²) < 4.78 is 8.88. The van der Waals surface area contributed by atoms with Gasteiger partial charge in [0.25, 0.3) is 14.1 Å². The molecule has 0 saturated carbocycles. The third-order valence-electron chi connectivity index (χ3n) is 2.41. The van der Waals surface area contributed by atoms with Gasteiger partial charge in [-0.2, -0.15) is 0 Å². The van der Waals surface area contributed by atoms with Crippen LogP contribution in [0.25, 0.3) is 0 Å². The molecule has 19 heavy (non-hydrogen) atoms.